The molecule has 0 aromatic rings. The Hall–Kier alpha value is -1.01. The number of hydrogen-bond donors (Lipinski definition) is 1. The van der Waals surface area contributed by atoms with Crippen LogP contribution in [0.15, 0.2) is 0 Å². The Balaban J connectivity index is -0.000000389. The molecular formula is C15H31NO2. The second-order valence-corrected chi connectivity index (χ2v) is 3.49. The molecule has 0 fully saturated rings. The van der Waals surface area contributed by atoms with Gasteiger partial charge in [-0.1, -0.05) is 46.5 Å². The average molecular weight is 257 g/mol. The highest BCUT2D eigenvalue weighted by Gasteiger charge is 1.97. The third kappa shape index (κ3) is 29.4. The zero-order valence-corrected chi connectivity index (χ0v) is 12.8. The summed E-state index contributed by atoms with van der Waals surface area (Å²) in [6, 6.07) is 0. The van der Waals surface area contributed by atoms with Gasteiger partial charge in [0.25, 0.3) is 0 Å². The van der Waals surface area contributed by atoms with E-state index in [4.69, 9.17) is 0 Å². The standard InChI is InChI=1S/C10H21NO2.C3H4.C2H6/c1-3-4-5-6-7-8-11-10(12)9-13-2;1-3-2;1-2/h3-9H2,1-2H3,(H,11,12);1H,2H3;1-2H3. The number of hydrogen-bond acceptors (Lipinski definition) is 2. The summed E-state index contributed by atoms with van der Waals surface area (Å²) in [5, 5.41) is 2.80. The van der Waals surface area contributed by atoms with Crippen LogP contribution in [0, 0.1) is 12.3 Å². The van der Waals surface area contributed by atoms with Crippen molar-refractivity contribution in [1.29, 1.82) is 0 Å². The molecule has 0 spiro atoms. The van der Waals surface area contributed by atoms with Crippen molar-refractivity contribution < 1.29 is 9.53 Å². The number of carbonyl (C=O) groups excluding carboxylic acids is 1. The molecule has 0 aliphatic carbocycles. The van der Waals surface area contributed by atoms with Crippen molar-refractivity contribution in [3.05, 3.63) is 0 Å². The number of unbranched alkanes of at least 4 members (excludes halogenated alkanes) is 4. The molecule has 1 amide bonds. The largest absolute Gasteiger partial charge is 0.375 e. The molecule has 0 aromatic heterocycles. The van der Waals surface area contributed by atoms with E-state index in [1.165, 1.54) is 32.8 Å². The molecule has 0 saturated heterocycles. The number of nitrogens with one attached hydrogen (secondary N) is 1. The minimum absolute atomic E-state index is 0.0157. The van der Waals surface area contributed by atoms with Gasteiger partial charge in [-0.2, -0.15) is 0 Å². The summed E-state index contributed by atoms with van der Waals surface area (Å²) < 4.78 is 4.69. The quantitative estimate of drug-likeness (QED) is 0.535. The number of amides is 1. The SMILES string of the molecule is C#CC.CC.CCCCCCCNC(=O)COC. The second kappa shape index (κ2) is 25.0. The van der Waals surface area contributed by atoms with Crippen LogP contribution in [0.25, 0.3) is 0 Å². The zero-order chi connectivity index (χ0) is 14.6. The van der Waals surface area contributed by atoms with Crippen molar-refractivity contribution in [3.8, 4) is 12.3 Å². The Bertz CT molecular complexity index is 185. The predicted molar refractivity (Wildman–Crippen MR) is 79.5 cm³/mol. The van der Waals surface area contributed by atoms with E-state index in [1.54, 1.807) is 6.92 Å². The van der Waals surface area contributed by atoms with Crippen molar-refractivity contribution in [2.24, 2.45) is 0 Å². The molecule has 0 bridgehead atoms. The van der Waals surface area contributed by atoms with Crippen molar-refractivity contribution >= 4 is 5.91 Å². The van der Waals surface area contributed by atoms with Crippen LogP contribution in [0.5, 0.6) is 0 Å². The molecule has 3 heteroatoms. The Morgan fingerprint density at radius 3 is 2.17 bits per heavy atom. The van der Waals surface area contributed by atoms with Gasteiger partial charge in [0.05, 0.1) is 0 Å². The van der Waals surface area contributed by atoms with Gasteiger partial charge in [0.1, 0.15) is 6.61 Å². The van der Waals surface area contributed by atoms with Gasteiger partial charge in [0.15, 0.2) is 0 Å². The summed E-state index contributed by atoms with van der Waals surface area (Å²) in [5.41, 5.74) is 0. The van der Waals surface area contributed by atoms with Crippen molar-refractivity contribution in [2.75, 3.05) is 20.3 Å². The van der Waals surface area contributed by atoms with Gasteiger partial charge in [0.2, 0.25) is 5.91 Å². The van der Waals surface area contributed by atoms with Gasteiger partial charge in [-0.05, 0) is 13.3 Å². The highest BCUT2D eigenvalue weighted by Crippen LogP contribution is 2.00. The first kappa shape index (κ1) is 22.2. The monoisotopic (exact) mass is 257 g/mol. The van der Waals surface area contributed by atoms with Crippen LogP contribution >= 0.6 is 0 Å². The highest BCUT2D eigenvalue weighted by atomic mass is 16.5. The minimum atomic E-state index is -0.0157. The number of carbonyl (C=O) groups is 1. The molecule has 0 saturated carbocycles. The maximum Gasteiger partial charge on any atom is 0.245 e. The first-order valence-corrected chi connectivity index (χ1v) is 6.85. The summed E-state index contributed by atoms with van der Waals surface area (Å²) in [4.78, 5) is 10.9. The van der Waals surface area contributed by atoms with E-state index >= 15 is 0 Å². The van der Waals surface area contributed by atoms with Crippen LogP contribution in [0.2, 0.25) is 0 Å². The van der Waals surface area contributed by atoms with E-state index in [2.05, 4.69) is 29.3 Å². The fourth-order valence-corrected chi connectivity index (χ4v) is 1.14. The van der Waals surface area contributed by atoms with Crippen LogP contribution in [0.4, 0.5) is 0 Å². The summed E-state index contributed by atoms with van der Waals surface area (Å²) in [6.45, 7) is 8.81. The fourth-order valence-electron chi connectivity index (χ4n) is 1.14. The number of rotatable bonds is 8. The van der Waals surface area contributed by atoms with E-state index in [0.29, 0.717) is 0 Å². The van der Waals surface area contributed by atoms with Crippen LogP contribution in [-0.2, 0) is 9.53 Å². The van der Waals surface area contributed by atoms with Gasteiger partial charge in [-0.25, -0.2) is 0 Å². The molecule has 0 atom stereocenters. The predicted octanol–water partition coefficient (Wildman–Crippen LogP) is 3.39. The van der Waals surface area contributed by atoms with Gasteiger partial charge < -0.3 is 10.1 Å². The third-order valence-corrected chi connectivity index (χ3v) is 1.88. The number of terminal acetylenes is 1. The molecule has 0 aliphatic rings. The average Bonchev–Trinajstić information content (AvgIpc) is 2.37. The number of ether oxygens (including phenoxy) is 1. The Morgan fingerprint density at radius 1 is 1.22 bits per heavy atom. The molecule has 0 aliphatic heterocycles. The smallest absolute Gasteiger partial charge is 0.245 e. The summed E-state index contributed by atoms with van der Waals surface area (Å²) in [5.74, 6) is 2.23. The zero-order valence-electron chi connectivity index (χ0n) is 12.8. The lowest BCUT2D eigenvalue weighted by Gasteiger charge is -2.03. The van der Waals surface area contributed by atoms with Gasteiger partial charge in [0, 0.05) is 13.7 Å². The maximum absolute atomic E-state index is 10.9. The van der Waals surface area contributed by atoms with E-state index < -0.39 is 0 Å². The lowest BCUT2D eigenvalue weighted by Crippen LogP contribution is -2.27. The van der Waals surface area contributed by atoms with Crippen LogP contribution in [-0.4, -0.2) is 26.2 Å². The summed E-state index contributed by atoms with van der Waals surface area (Å²) in [6.07, 6.45) is 10.7. The first-order valence-electron chi connectivity index (χ1n) is 6.85. The van der Waals surface area contributed by atoms with Gasteiger partial charge >= 0.3 is 0 Å². The third-order valence-electron chi connectivity index (χ3n) is 1.88. The van der Waals surface area contributed by atoms with E-state index in [9.17, 15) is 4.79 Å². The van der Waals surface area contributed by atoms with Gasteiger partial charge in [-0.3, -0.25) is 4.79 Å². The van der Waals surface area contributed by atoms with E-state index in [-0.39, 0.29) is 12.5 Å². The Labute approximate surface area is 114 Å². The Kier molecular flexibility index (Phi) is 30.8. The van der Waals surface area contributed by atoms with Crippen LogP contribution in [0.1, 0.15) is 59.8 Å². The second-order valence-electron chi connectivity index (χ2n) is 3.49. The minimum Gasteiger partial charge on any atom is -0.375 e. The summed E-state index contributed by atoms with van der Waals surface area (Å²) >= 11 is 0. The fraction of sp³-hybridized carbons (Fsp3) is 0.800. The maximum atomic E-state index is 10.9. The lowest BCUT2D eigenvalue weighted by molar-refractivity contribution is -0.124. The van der Waals surface area contributed by atoms with Crippen LogP contribution in [0.3, 0.4) is 0 Å². The number of methoxy groups -OCH3 is 1. The van der Waals surface area contributed by atoms with E-state index in [0.717, 1.165) is 13.0 Å². The topological polar surface area (TPSA) is 38.3 Å². The first-order chi connectivity index (χ1) is 8.72. The summed E-state index contributed by atoms with van der Waals surface area (Å²) in [7, 11) is 1.53. The highest BCUT2D eigenvalue weighted by molar-refractivity contribution is 5.77. The molecule has 0 rings (SSSR count). The molecule has 0 heterocycles. The molecule has 1 N–H and O–H groups in total. The van der Waals surface area contributed by atoms with Gasteiger partial charge in [-0.15, -0.1) is 12.3 Å². The lowest BCUT2D eigenvalue weighted by atomic mass is 10.1. The Morgan fingerprint density at radius 2 is 1.72 bits per heavy atom. The molecule has 108 valence electrons. The molecule has 18 heavy (non-hydrogen) atoms. The molecular weight excluding hydrogens is 226 g/mol. The normalized spacial score (nSPS) is 8.00. The van der Waals surface area contributed by atoms with Crippen LogP contribution < -0.4 is 5.32 Å². The molecule has 0 radical (unpaired) electrons. The van der Waals surface area contributed by atoms with Crippen molar-refractivity contribution in [2.45, 2.75) is 59.8 Å². The van der Waals surface area contributed by atoms with E-state index in [1.807, 2.05) is 13.8 Å². The molecule has 0 aromatic carbocycles. The van der Waals surface area contributed by atoms with Crippen molar-refractivity contribution in [3.63, 3.8) is 0 Å². The molecule has 3 nitrogen and oxygen atoms in total. The molecule has 0 unspecified atom stereocenters. The van der Waals surface area contributed by atoms with Crippen molar-refractivity contribution in [1.82, 2.24) is 5.32 Å².